The molecule has 1 heterocycles. The first-order chi connectivity index (χ1) is 14.4. The number of hydrogen-bond acceptors (Lipinski definition) is 5. The second-order valence-electron chi connectivity index (χ2n) is 6.54. The van der Waals surface area contributed by atoms with Crippen LogP contribution in [0.4, 0.5) is 5.13 Å². The number of aromatic nitrogens is 1. The highest BCUT2D eigenvalue weighted by molar-refractivity contribution is 7.22. The highest BCUT2D eigenvalue weighted by Crippen LogP contribution is 2.31. The van der Waals surface area contributed by atoms with Gasteiger partial charge in [-0.25, -0.2) is 4.98 Å². The number of benzene rings is 2. The molecule has 30 heavy (non-hydrogen) atoms. The number of anilines is 1. The van der Waals surface area contributed by atoms with E-state index >= 15 is 0 Å². The lowest BCUT2D eigenvalue weighted by Gasteiger charge is -2.24. The Morgan fingerprint density at radius 2 is 1.73 bits per heavy atom. The minimum Gasteiger partial charge on any atom is -0.482 e. The van der Waals surface area contributed by atoms with Crippen molar-refractivity contribution >= 4 is 67.4 Å². The zero-order valence-corrected chi connectivity index (χ0v) is 19.8. The zero-order chi connectivity index (χ0) is 21.7. The second kappa shape index (κ2) is 10.6. The van der Waals surface area contributed by atoms with Crippen molar-refractivity contribution in [2.45, 2.75) is 13.8 Å². The molecule has 0 fully saturated rings. The van der Waals surface area contributed by atoms with Crippen molar-refractivity contribution in [2.24, 2.45) is 0 Å². The number of amides is 1. The number of carbonyl (C=O) groups excluding carboxylic acids is 1. The minimum atomic E-state index is -0.196. The van der Waals surface area contributed by atoms with Crippen molar-refractivity contribution in [1.29, 1.82) is 0 Å². The molecule has 0 saturated heterocycles. The molecular weight excluding hydrogens is 465 g/mol. The highest BCUT2D eigenvalue weighted by atomic mass is 35.5. The standard InChI is InChI=1S/C21H22Cl3N3O2S/c1-3-26(4-2)9-10-27(21-25-17-7-5-15(23)12-19(17)30-21)20(28)13-29-18-8-6-14(22)11-16(18)24/h5-8,11-12H,3-4,9-10,13H2,1-2H3. The Morgan fingerprint density at radius 3 is 2.43 bits per heavy atom. The Bertz CT molecular complexity index is 1020. The molecule has 0 unspecified atom stereocenters. The predicted octanol–water partition coefficient (Wildman–Crippen LogP) is 6.01. The molecular formula is C21H22Cl3N3O2S. The molecule has 1 aromatic heterocycles. The summed E-state index contributed by atoms with van der Waals surface area (Å²) in [7, 11) is 0. The summed E-state index contributed by atoms with van der Waals surface area (Å²) in [5, 5.41) is 2.13. The van der Waals surface area contributed by atoms with Gasteiger partial charge in [-0.2, -0.15) is 0 Å². The van der Waals surface area contributed by atoms with Crippen LogP contribution in [0.25, 0.3) is 10.2 Å². The van der Waals surface area contributed by atoms with E-state index in [-0.39, 0.29) is 12.5 Å². The maximum atomic E-state index is 13.1. The fraction of sp³-hybridized carbons (Fsp3) is 0.333. The number of nitrogens with zero attached hydrogens (tertiary/aromatic N) is 3. The number of halogens is 3. The topological polar surface area (TPSA) is 45.7 Å². The van der Waals surface area contributed by atoms with Gasteiger partial charge >= 0.3 is 0 Å². The molecule has 3 aromatic rings. The van der Waals surface area contributed by atoms with E-state index < -0.39 is 0 Å². The fourth-order valence-electron chi connectivity index (χ4n) is 2.92. The first-order valence-electron chi connectivity index (χ1n) is 9.58. The first kappa shape index (κ1) is 23.1. The van der Waals surface area contributed by atoms with Gasteiger partial charge in [0.15, 0.2) is 11.7 Å². The van der Waals surface area contributed by atoms with Gasteiger partial charge in [-0.3, -0.25) is 9.69 Å². The van der Waals surface area contributed by atoms with Gasteiger partial charge in [-0.05, 0) is 49.5 Å². The van der Waals surface area contributed by atoms with Crippen LogP contribution in [0, 0.1) is 0 Å². The fourth-order valence-corrected chi connectivity index (χ4v) is 4.67. The van der Waals surface area contributed by atoms with Crippen molar-refractivity contribution in [1.82, 2.24) is 9.88 Å². The lowest BCUT2D eigenvalue weighted by molar-refractivity contribution is -0.120. The van der Waals surface area contributed by atoms with E-state index in [0.29, 0.717) is 32.5 Å². The van der Waals surface area contributed by atoms with Crippen molar-refractivity contribution in [3.63, 3.8) is 0 Å². The number of thiazole rings is 1. The second-order valence-corrected chi connectivity index (χ2v) is 8.83. The summed E-state index contributed by atoms with van der Waals surface area (Å²) in [5.74, 6) is 0.215. The van der Waals surface area contributed by atoms with Crippen molar-refractivity contribution < 1.29 is 9.53 Å². The maximum absolute atomic E-state index is 13.1. The van der Waals surface area contributed by atoms with Crippen LogP contribution in [-0.4, -0.2) is 48.6 Å². The number of carbonyl (C=O) groups is 1. The van der Waals surface area contributed by atoms with Crippen LogP contribution in [0.2, 0.25) is 15.1 Å². The molecule has 9 heteroatoms. The van der Waals surface area contributed by atoms with Gasteiger partial charge in [-0.15, -0.1) is 0 Å². The molecule has 1 amide bonds. The molecule has 0 aliphatic rings. The van der Waals surface area contributed by atoms with Gasteiger partial charge < -0.3 is 9.64 Å². The number of ether oxygens (including phenoxy) is 1. The minimum absolute atomic E-state index is 0.156. The maximum Gasteiger partial charge on any atom is 0.266 e. The number of rotatable bonds is 9. The quantitative estimate of drug-likeness (QED) is 0.371. The Morgan fingerprint density at radius 1 is 1.03 bits per heavy atom. The first-order valence-corrected chi connectivity index (χ1v) is 11.5. The smallest absolute Gasteiger partial charge is 0.266 e. The van der Waals surface area contributed by atoms with Crippen molar-refractivity contribution in [2.75, 3.05) is 37.7 Å². The van der Waals surface area contributed by atoms with Crippen LogP contribution in [0.1, 0.15) is 13.8 Å². The van der Waals surface area contributed by atoms with E-state index in [0.717, 1.165) is 29.9 Å². The van der Waals surface area contributed by atoms with Crippen LogP contribution < -0.4 is 9.64 Å². The Kier molecular flexibility index (Phi) is 8.20. The normalized spacial score (nSPS) is 11.3. The molecule has 0 bridgehead atoms. The Balaban J connectivity index is 1.80. The summed E-state index contributed by atoms with van der Waals surface area (Å²) in [5.41, 5.74) is 0.807. The van der Waals surface area contributed by atoms with Crippen LogP contribution in [0.3, 0.4) is 0 Å². The average molecular weight is 487 g/mol. The van der Waals surface area contributed by atoms with E-state index in [2.05, 4.69) is 23.7 Å². The zero-order valence-electron chi connectivity index (χ0n) is 16.7. The third-order valence-corrected chi connectivity index (χ3v) is 6.46. The molecule has 0 spiro atoms. The van der Waals surface area contributed by atoms with E-state index in [9.17, 15) is 4.79 Å². The van der Waals surface area contributed by atoms with Crippen LogP contribution in [-0.2, 0) is 4.79 Å². The largest absolute Gasteiger partial charge is 0.482 e. The molecule has 0 saturated carbocycles. The van der Waals surface area contributed by atoms with Crippen LogP contribution in [0.5, 0.6) is 5.75 Å². The van der Waals surface area contributed by atoms with Gasteiger partial charge in [0.25, 0.3) is 5.91 Å². The summed E-state index contributed by atoms with van der Waals surface area (Å²) in [4.78, 5) is 21.6. The Hall–Kier alpha value is -1.57. The van der Waals surface area contributed by atoms with Crippen LogP contribution >= 0.6 is 46.1 Å². The number of fused-ring (bicyclic) bond motifs is 1. The molecule has 2 aromatic carbocycles. The SMILES string of the molecule is CCN(CC)CCN(C(=O)COc1ccc(Cl)cc1Cl)c1nc2ccc(Cl)cc2s1. The van der Waals surface area contributed by atoms with Crippen molar-refractivity contribution in [3.05, 3.63) is 51.5 Å². The third-order valence-electron chi connectivity index (χ3n) is 4.65. The van der Waals surface area contributed by atoms with E-state index in [1.807, 2.05) is 12.1 Å². The lowest BCUT2D eigenvalue weighted by Crippen LogP contribution is -2.41. The number of hydrogen-bond donors (Lipinski definition) is 0. The van der Waals surface area contributed by atoms with Gasteiger partial charge in [0, 0.05) is 23.1 Å². The molecule has 5 nitrogen and oxygen atoms in total. The van der Waals surface area contributed by atoms with Crippen molar-refractivity contribution in [3.8, 4) is 5.75 Å². The molecule has 0 N–H and O–H groups in total. The van der Waals surface area contributed by atoms with Crippen LogP contribution in [0.15, 0.2) is 36.4 Å². The third kappa shape index (κ3) is 5.77. The summed E-state index contributed by atoms with van der Waals surface area (Å²) in [6.07, 6.45) is 0. The summed E-state index contributed by atoms with van der Waals surface area (Å²) >= 11 is 19.6. The van der Waals surface area contributed by atoms with Gasteiger partial charge in [0.05, 0.1) is 15.2 Å². The molecule has 0 atom stereocenters. The van der Waals surface area contributed by atoms with Gasteiger partial charge in [0.1, 0.15) is 5.75 Å². The average Bonchev–Trinajstić information content (AvgIpc) is 3.13. The van der Waals surface area contributed by atoms with Gasteiger partial charge in [-0.1, -0.05) is 60.0 Å². The highest BCUT2D eigenvalue weighted by Gasteiger charge is 2.21. The molecule has 0 radical (unpaired) electrons. The monoisotopic (exact) mass is 485 g/mol. The molecule has 0 aliphatic heterocycles. The van der Waals surface area contributed by atoms with E-state index in [4.69, 9.17) is 39.5 Å². The number of likely N-dealkylation sites (N-methyl/N-ethyl adjacent to an activating group) is 1. The Labute approximate surface area is 195 Å². The predicted molar refractivity (Wildman–Crippen MR) is 127 cm³/mol. The summed E-state index contributed by atoms with van der Waals surface area (Å²) in [6.45, 7) is 7.09. The van der Waals surface area contributed by atoms with Gasteiger partial charge in [0.2, 0.25) is 0 Å². The van der Waals surface area contributed by atoms with E-state index in [1.54, 1.807) is 29.2 Å². The lowest BCUT2D eigenvalue weighted by atomic mass is 10.3. The summed E-state index contributed by atoms with van der Waals surface area (Å²) < 4.78 is 6.60. The molecule has 160 valence electrons. The molecule has 3 rings (SSSR count). The summed E-state index contributed by atoms with van der Waals surface area (Å²) in [6, 6.07) is 10.4. The van der Waals surface area contributed by atoms with E-state index in [1.165, 1.54) is 11.3 Å². The molecule has 0 aliphatic carbocycles.